The molecule has 2 aliphatic rings. The molecule has 0 spiro atoms. The van der Waals surface area contributed by atoms with Crippen LogP contribution >= 0.6 is 0 Å². The van der Waals surface area contributed by atoms with Gasteiger partial charge in [0.2, 0.25) is 0 Å². The molecule has 1 aromatic heterocycles. The summed E-state index contributed by atoms with van der Waals surface area (Å²) in [6.07, 6.45) is 1.00. The van der Waals surface area contributed by atoms with E-state index in [0.29, 0.717) is 0 Å². The molecule has 0 bridgehead atoms. The number of carbonyl (C=O) groups is 3. The zero-order valence-electron chi connectivity index (χ0n) is 14.5. The molecule has 1 aliphatic heterocycles. The zero-order chi connectivity index (χ0) is 18.6. The van der Waals surface area contributed by atoms with Gasteiger partial charge < -0.3 is 14.6 Å². The number of aliphatic carboxylic acids is 1. The molecule has 10 nitrogen and oxygen atoms in total. The van der Waals surface area contributed by atoms with E-state index in [1.165, 1.54) is 13.1 Å². The fourth-order valence-electron chi connectivity index (χ4n) is 3.69. The predicted molar refractivity (Wildman–Crippen MR) is 78.7 cm³/mol. The van der Waals surface area contributed by atoms with Crippen LogP contribution < -0.4 is 34.7 Å². The van der Waals surface area contributed by atoms with Crippen LogP contribution in [0.25, 0.3) is 0 Å². The average Bonchev–Trinajstić information content (AvgIpc) is 3.01. The molecular weight excluding hydrogens is 377 g/mol. The summed E-state index contributed by atoms with van der Waals surface area (Å²) in [5.74, 6) is -5.26. The molecule has 4 atom stereocenters. The number of fused-ring (bicyclic) bond motifs is 1. The fourth-order valence-corrected chi connectivity index (χ4v) is 6.37. The SMILES string of the molecule is CCOC(=O)c1cn(C[C@@]2(C)[C@H](C(=O)[O-])C3C(=O)CC3S2(=O)=O)nn1.[Na+]. The average molecular weight is 393 g/mol. The third kappa shape index (κ3) is 2.90. The van der Waals surface area contributed by atoms with E-state index in [9.17, 15) is 27.9 Å². The largest absolute Gasteiger partial charge is 1.00 e. The molecule has 1 saturated heterocycles. The predicted octanol–water partition coefficient (Wildman–Crippen LogP) is -5.03. The van der Waals surface area contributed by atoms with Gasteiger partial charge in [-0.15, -0.1) is 5.10 Å². The molecule has 2 heterocycles. The maximum Gasteiger partial charge on any atom is 1.00 e. The van der Waals surface area contributed by atoms with E-state index in [1.807, 2.05) is 0 Å². The monoisotopic (exact) mass is 393 g/mol. The third-order valence-electron chi connectivity index (χ3n) is 4.99. The smallest absolute Gasteiger partial charge is 0.550 e. The van der Waals surface area contributed by atoms with Crippen LogP contribution in [0.2, 0.25) is 0 Å². The topological polar surface area (TPSA) is 148 Å². The van der Waals surface area contributed by atoms with E-state index in [1.54, 1.807) is 6.92 Å². The van der Waals surface area contributed by atoms with E-state index in [4.69, 9.17) is 4.74 Å². The summed E-state index contributed by atoms with van der Waals surface area (Å²) in [6.45, 7) is 2.66. The van der Waals surface area contributed by atoms with Crippen molar-refractivity contribution in [3.8, 4) is 0 Å². The normalized spacial score (nSPS) is 31.5. The maximum atomic E-state index is 12.8. The number of nitrogens with zero attached hydrogens (tertiary/aromatic N) is 3. The number of Topliss-reactive ketones (excluding diaryl/α,β-unsaturated/α-hetero) is 1. The van der Waals surface area contributed by atoms with Crippen molar-refractivity contribution in [1.82, 2.24) is 15.0 Å². The van der Waals surface area contributed by atoms with Gasteiger partial charge in [0.25, 0.3) is 0 Å². The molecule has 136 valence electrons. The third-order valence-corrected chi connectivity index (χ3v) is 7.93. The number of rotatable bonds is 5. The van der Waals surface area contributed by atoms with Gasteiger partial charge in [-0.3, -0.25) is 9.48 Å². The molecule has 0 radical (unpaired) electrons. The number of carbonyl (C=O) groups excluding carboxylic acids is 3. The van der Waals surface area contributed by atoms with Crippen LogP contribution in [0.5, 0.6) is 0 Å². The number of carboxylic acid groups (broad SMARTS) is 1. The second kappa shape index (κ2) is 7.02. The molecule has 2 unspecified atom stereocenters. The summed E-state index contributed by atoms with van der Waals surface area (Å²) in [6, 6.07) is 0. The summed E-state index contributed by atoms with van der Waals surface area (Å²) >= 11 is 0. The molecule has 1 saturated carbocycles. The second-order valence-corrected chi connectivity index (χ2v) is 9.04. The van der Waals surface area contributed by atoms with Crippen molar-refractivity contribution in [2.24, 2.45) is 11.8 Å². The minimum atomic E-state index is -3.92. The van der Waals surface area contributed by atoms with Crippen LogP contribution in [-0.2, 0) is 30.7 Å². The van der Waals surface area contributed by atoms with Gasteiger partial charge in [-0.1, -0.05) is 5.21 Å². The van der Waals surface area contributed by atoms with Crippen molar-refractivity contribution in [1.29, 1.82) is 0 Å². The number of hydrogen-bond donors (Lipinski definition) is 0. The molecule has 0 amide bonds. The maximum absolute atomic E-state index is 12.8. The van der Waals surface area contributed by atoms with Gasteiger partial charge in [-0.25, -0.2) is 13.2 Å². The summed E-state index contributed by atoms with van der Waals surface area (Å²) in [7, 11) is -3.92. The van der Waals surface area contributed by atoms with E-state index in [0.717, 1.165) is 4.68 Å². The summed E-state index contributed by atoms with van der Waals surface area (Å²) < 4.78 is 29.6. The van der Waals surface area contributed by atoms with Gasteiger partial charge in [0.1, 0.15) is 5.78 Å². The van der Waals surface area contributed by atoms with Crippen molar-refractivity contribution in [3.05, 3.63) is 11.9 Å². The Morgan fingerprint density at radius 3 is 2.65 bits per heavy atom. The van der Waals surface area contributed by atoms with E-state index < -0.39 is 49.4 Å². The Morgan fingerprint density at radius 1 is 1.46 bits per heavy atom. The minimum Gasteiger partial charge on any atom is -0.550 e. The van der Waals surface area contributed by atoms with Gasteiger partial charge in [-0.2, -0.15) is 0 Å². The number of esters is 1. The van der Waals surface area contributed by atoms with Crippen molar-refractivity contribution < 1.29 is 62.2 Å². The number of aromatic nitrogens is 3. The van der Waals surface area contributed by atoms with E-state index in [2.05, 4.69) is 10.3 Å². The van der Waals surface area contributed by atoms with Crippen LogP contribution in [0.3, 0.4) is 0 Å². The quantitative estimate of drug-likeness (QED) is 0.354. The van der Waals surface area contributed by atoms with Crippen molar-refractivity contribution in [2.75, 3.05) is 6.61 Å². The van der Waals surface area contributed by atoms with Gasteiger partial charge >= 0.3 is 35.5 Å². The molecule has 1 aromatic rings. The first-order valence-corrected chi connectivity index (χ1v) is 9.22. The molecule has 3 rings (SSSR count). The van der Waals surface area contributed by atoms with Gasteiger partial charge in [0.05, 0.1) is 29.3 Å². The Labute approximate surface area is 171 Å². The van der Waals surface area contributed by atoms with Crippen LogP contribution in [0.1, 0.15) is 30.8 Å². The number of sulfone groups is 1. The number of carboxylic acids is 1. The Balaban J connectivity index is 0.00000243. The number of hydrogen-bond acceptors (Lipinski definition) is 9. The van der Waals surface area contributed by atoms with E-state index >= 15 is 0 Å². The molecule has 26 heavy (non-hydrogen) atoms. The minimum absolute atomic E-state index is 0. The molecule has 0 aromatic carbocycles. The first kappa shape index (κ1) is 21.0. The van der Waals surface area contributed by atoms with E-state index in [-0.39, 0.29) is 54.8 Å². The van der Waals surface area contributed by atoms with Crippen molar-refractivity contribution in [2.45, 2.75) is 36.8 Å². The number of ketones is 1. The van der Waals surface area contributed by atoms with Crippen LogP contribution in [0, 0.1) is 11.8 Å². The van der Waals surface area contributed by atoms with Crippen LogP contribution in [0.15, 0.2) is 6.20 Å². The Morgan fingerprint density at radius 2 is 2.12 bits per heavy atom. The van der Waals surface area contributed by atoms with Crippen molar-refractivity contribution >= 4 is 27.6 Å². The molecule has 2 fully saturated rings. The fraction of sp³-hybridized carbons (Fsp3) is 0.643. The molecule has 1 aliphatic carbocycles. The first-order chi connectivity index (χ1) is 11.6. The van der Waals surface area contributed by atoms with Crippen LogP contribution in [-0.4, -0.2) is 57.7 Å². The number of ether oxygens (including phenoxy) is 1. The van der Waals surface area contributed by atoms with Gasteiger partial charge in [0.15, 0.2) is 15.5 Å². The standard InChI is InChI=1S/C14H17N3O7S.Na/c1-3-24-13(21)7-5-17(16-15-7)6-14(2)11(12(19)20)10-8(18)4-9(10)25(14,22)23;/h5,9-11H,3-4,6H2,1-2H3,(H,19,20);/q;+1/p-1/t9?,10?,11-,14-;/m0./s1. The molecular formula is C14H16N3NaO7S. The summed E-state index contributed by atoms with van der Waals surface area (Å²) in [4.78, 5) is 35.0. The van der Waals surface area contributed by atoms with Crippen molar-refractivity contribution in [3.63, 3.8) is 0 Å². The van der Waals surface area contributed by atoms with Crippen LogP contribution in [0.4, 0.5) is 0 Å². The molecule has 12 heteroatoms. The molecule has 0 N–H and O–H groups in total. The van der Waals surface area contributed by atoms with Gasteiger partial charge in [0, 0.05) is 24.2 Å². The first-order valence-electron chi connectivity index (χ1n) is 7.67. The Kier molecular flexibility index (Phi) is 5.67. The summed E-state index contributed by atoms with van der Waals surface area (Å²) in [5, 5.41) is 17.9. The zero-order valence-corrected chi connectivity index (χ0v) is 17.4. The Bertz CT molecular complexity index is 868. The second-order valence-electron chi connectivity index (χ2n) is 6.41. The van der Waals surface area contributed by atoms with Gasteiger partial charge in [-0.05, 0) is 13.8 Å². The Hall–Kier alpha value is -1.30. The summed E-state index contributed by atoms with van der Waals surface area (Å²) in [5.41, 5.74) is -0.120.